The van der Waals surface area contributed by atoms with Crippen molar-refractivity contribution in [2.24, 2.45) is 0 Å². The van der Waals surface area contributed by atoms with Crippen molar-refractivity contribution in [2.45, 2.75) is 45.3 Å². The van der Waals surface area contributed by atoms with Gasteiger partial charge in [-0.25, -0.2) is 14.0 Å². The first-order chi connectivity index (χ1) is 13.1. The fraction of sp³-hybridized carbons (Fsp3) is 0.450. The van der Waals surface area contributed by atoms with Crippen LogP contribution in [0.4, 0.5) is 9.18 Å². The highest BCUT2D eigenvalue weighted by Crippen LogP contribution is 2.17. The van der Waals surface area contributed by atoms with Gasteiger partial charge >= 0.3 is 11.7 Å². The number of rotatable bonds is 2. The van der Waals surface area contributed by atoms with Gasteiger partial charge < -0.3 is 19.4 Å². The lowest BCUT2D eigenvalue weighted by Crippen LogP contribution is -2.50. The van der Waals surface area contributed by atoms with Crippen LogP contribution < -0.4 is 10.9 Å². The number of halogens is 1. The Balaban J connectivity index is 1.71. The van der Waals surface area contributed by atoms with Gasteiger partial charge in [0.1, 0.15) is 11.4 Å². The maximum Gasteiger partial charge on any atom is 0.410 e. The Morgan fingerprint density at radius 2 is 2.04 bits per heavy atom. The minimum atomic E-state index is -0.707. The number of carbonyl (C=O) groups excluding carboxylic acids is 2. The molecule has 0 aliphatic carbocycles. The number of likely N-dealkylation sites (tertiary alicyclic amines) is 1. The molecule has 1 atom stereocenters. The first-order valence-corrected chi connectivity index (χ1v) is 9.14. The molecule has 1 aromatic heterocycles. The number of piperidine rings is 1. The predicted octanol–water partition coefficient (Wildman–Crippen LogP) is 3.06. The van der Waals surface area contributed by atoms with Gasteiger partial charge in [0.15, 0.2) is 5.76 Å². The minimum absolute atomic E-state index is 0.197. The fourth-order valence-electron chi connectivity index (χ4n) is 3.12. The van der Waals surface area contributed by atoms with Crippen LogP contribution in [0.2, 0.25) is 0 Å². The van der Waals surface area contributed by atoms with Crippen molar-refractivity contribution in [3.05, 3.63) is 46.3 Å². The lowest BCUT2D eigenvalue weighted by atomic mass is 10.1. The standard InChI is InChI=1S/C20H23FN2O5/c1-20(2,3)28-19(26)23-8-4-5-14(11-23)22-17(24)16-10-12-9-13(21)6-7-15(12)18(25)27-16/h6-7,9-10,14H,4-5,8,11H2,1-3H3,(H,22,24). The van der Waals surface area contributed by atoms with Crippen molar-refractivity contribution in [2.75, 3.05) is 13.1 Å². The maximum absolute atomic E-state index is 13.4. The Hall–Kier alpha value is -2.90. The lowest BCUT2D eigenvalue weighted by Gasteiger charge is -2.34. The van der Waals surface area contributed by atoms with E-state index < -0.39 is 29.0 Å². The van der Waals surface area contributed by atoms with E-state index in [2.05, 4.69) is 5.32 Å². The molecule has 8 heteroatoms. The predicted molar refractivity (Wildman–Crippen MR) is 101 cm³/mol. The topological polar surface area (TPSA) is 88.9 Å². The van der Waals surface area contributed by atoms with E-state index in [1.165, 1.54) is 18.2 Å². The summed E-state index contributed by atoms with van der Waals surface area (Å²) in [5.41, 5.74) is -1.31. The van der Waals surface area contributed by atoms with Crippen LogP contribution in [-0.4, -0.2) is 41.6 Å². The van der Waals surface area contributed by atoms with E-state index >= 15 is 0 Å². The normalized spacial score (nSPS) is 17.4. The summed E-state index contributed by atoms with van der Waals surface area (Å²) in [6, 6.07) is 4.68. The quantitative estimate of drug-likeness (QED) is 0.851. The maximum atomic E-state index is 13.4. The van der Waals surface area contributed by atoms with E-state index in [0.29, 0.717) is 31.3 Å². The highest BCUT2D eigenvalue weighted by molar-refractivity contribution is 5.95. The molecule has 1 fully saturated rings. The Morgan fingerprint density at radius 3 is 2.75 bits per heavy atom. The van der Waals surface area contributed by atoms with Gasteiger partial charge in [0.05, 0.1) is 5.39 Å². The van der Waals surface area contributed by atoms with Crippen LogP contribution in [-0.2, 0) is 4.74 Å². The van der Waals surface area contributed by atoms with Gasteiger partial charge in [-0.05, 0) is 63.3 Å². The van der Waals surface area contributed by atoms with Crippen LogP contribution in [0, 0.1) is 5.82 Å². The van der Waals surface area contributed by atoms with Crippen molar-refractivity contribution in [1.29, 1.82) is 0 Å². The summed E-state index contributed by atoms with van der Waals surface area (Å²) in [4.78, 5) is 38.4. The molecule has 7 nitrogen and oxygen atoms in total. The van der Waals surface area contributed by atoms with Gasteiger partial charge in [0.2, 0.25) is 0 Å². The Bertz CT molecular complexity index is 963. The zero-order valence-electron chi connectivity index (χ0n) is 16.1. The Morgan fingerprint density at radius 1 is 1.29 bits per heavy atom. The monoisotopic (exact) mass is 390 g/mol. The summed E-state index contributed by atoms with van der Waals surface area (Å²) in [5.74, 6) is -1.29. The number of carbonyl (C=O) groups is 2. The molecular weight excluding hydrogens is 367 g/mol. The second-order valence-corrected chi connectivity index (χ2v) is 7.87. The second-order valence-electron chi connectivity index (χ2n) is 7.87. The molecule has 1 aliphatic rings. The number of benzene rings is 1. The summed E-state index contributed by atoms with van der Waals surface area (Å²) in [5, 5.41) is 3.27. The van der Waals surface area contributed by atoms with Crippen LogP contribution >= 0.6 is 0 Å². The number of amides is 2. The fourth-order valence-corrected chi connectivity index (χ4v) is 3.12. The summed E-state index contributed by atoms with van der Waals surface area (Å²) in [6.07, 6.45) is 0.952. The summed E-state index contributed by atoms with van der Waals surface area (Å²) in [6.45, 7) is 6.22. The Kier molecular flexibility index (Phi) is 5.40. The van der Waals surface area contributed by atoms with Crippen LogP contribution in [0.25, 0.3) is 10.8 Å². The van der Waals surface area contributed by atoms with Gasteiger partial charge in [-0.1, -0.05) is 0 Å². The molecule has 28 heavy (non-hydrogen) atoms. The first-order valence-electron chi connectivity index (χ1n) is 9.14. The van der Waals surface area contributed by atoms with E-state index in [4.69, 9.17) is 9.15 Å². The van der Waals surface area contributed by atoms with Gasteiger partial charge in [-0.15, -0.1) is 0 Å². The highest BCUT2D eigenvalue weighted by atomic mass is 19.1. The molecule has 2 heterocycles. The molecule has 0 radical (unpaired) electrons. The Labute approximate surface area is 161 Å². The number of fused-ring (bicyclic) bond motifs is 1. The number of nitrogens with one attached hydrogen (secondary N) is 1. The zero-order chi connectivity index (χ0) is 20.5. The van der Waals surface area contributed by atoms with E-state index in [-0.39, 0.29) is 17.2 Å². The second kappa shape index (κ2) is 7.61. The third kappa shape index (κ3) is 4.68. The summed E-state index contributed by atoms with van der Waals surface area (Å²) >= 11 is 0. The van der Waals surface area contributed by atoms with Gasteiger partial charge in [0.25, 0.3) is 5.91 Å². The van der Waals surface area contributed by atoms with Gasteiger partial charge in [-0.2, -0.15) is 0 Å². The molecule has 1 unspecified atom stereocenters. The summed E-state index contributed by atoms with van der Waals surface area (Å²) in [7, 11) is 0. The van der Waals surface area contributed by atoms with Crippen molar-refractivity contribution < 1.29 is 23.1 Å². The zero-order valence-corrected chi connectivity index (χ0v) is 16.1. The minimum Gasteiger partial charge on any atom is -0.444 e. The van der Waals surface area contributed by atoms with Crippen molar-refractivity contribution in [3.63, 3.8) is 0 Å². The molecule has 3 rings (SSSR count). The van der Waals surface area contributed by atoms with E-state index in [1.807, 2.05) is 0 Å². The van der Waals surface area contributed by atoms with Crippen molar-refractivity contribution in [1.82, 2.24) is 10.2 Å². The summed E-state index contributed by atoms with van der Waals surface area (Å²) < 4.78 is 23.9. The third-order valence-electron chi connectivity index (χ3n) is 4.35. The molecule has 1 N–H and O–H groups in total. The van der Waals surface area contributed by atoms with E-state index in [1.54, 1.807) is 25.7 Å². The molecule has 0 bridgehead atoms. The van der Waals surface area contributed by atoms with Gasteiger partial charge in [-0.3, -0.25) is 4.79 Å². The van der Waals surface area contributed by atoms with Crippen LogP contribution in [0.5, 0.6) is 0 Å². The smallest absolute Gasteiger partial charge is 0.410 e. The van der Waals surface area contributed by atoms with Crippen LogP contribution in [0.1, 0.15) is 44.2 Å². The molecule has 0 saturated carbocycles. The molecule has 1 aromatic carbocycles. The lowest BCUT2D eigenvalue weighted by molar-refractivity contribution is 0.0185. The van der Waals surface area contributed by atoms with Crippen molar-refractivity contribution >= 4 is 22.8 Å². The number of hydrogen-bond acceptors (Lipinski definition) is 5. The average molecular weight is 390 g/mol. The molecular formula is C20H23FN2O5. The van der Waals surface area contributed by atoms with Crippen LogP contribution in [0.3, 0.4) is 0 Å². The molecule has 0 spiro atoms. The average Bonchev–Trinajstić information content (AvgIpc) is 2.60. The van der Waals surface area contributed by atoms with E-state index in [0.717, 1.165) is 6.07 Å². The highest BCUT2D eigenvalue weighted by Gasteiger charge is 2.29. The third-order valence-corrected chi connectivity index (χ3v) is 4.35. The SMILES string of the molecule is CC(C)(C)OC(=O)N1CCCC(NC(=O)c2cc3cc(F)ccc3c(=O)o2)C1. The number of nitrogens with zero attached hydrogens (tertiary/aromatic N) is 1. The first kappa shape index (κ1) is 19.9. The molecule has 1 aliphatic heterocycles. The molecule has 1 saturated heterocycles. The number of ether oxygens (including phenoxy) is 1. The largest absolute Gasteiger partial charge is 0.444 e. The van der Waals surface area contributed by atoms with Crippen molar-refractivity contribution in [3.8, 4) is 0 Å². The molecule has 2 aromatic rings. The number of hydrogen-bond donors (Lipinski definition) is 1. The molecule has 150 valence electrons. The van der Waals surface area contributed by atoms with E-state index in [9.17, 15) is 18.8 Å². The van der Waals surface area contributed by atoms with Gasteiger partial charge in [0, 0.05) is 19.1 Å². The van der Waals surface area contributed by atoms with Crippen LogP contribution in [0.15, 0.2) is 33.5 Å². The molecule has 2 amide bonds.